The van der Waals surface area contributed by atoms with Crippen molar-refractivity contribution in [3.8, 4) is 12.3 Å². The molecule has 2 N–H and O–H groups in total. The highest BCUT2D eigenvalue weighted by Crippen LogP contribution is 2.44. The number of aliphatic hydroxyl groups is 2. The van der Waals surface area contributed by atoms with Crippen molar-refractivity contribution in [1.82, 2.24) is 19.5 Å². The normalized spacial score (nSPS) is 28.9. The van der Waals surface area contributed by atoms with Crippen LogP contribution >= 0.6 is 11.6 Å². The van der Waals surface area contributed by atoms with Gasteiger partial charge < -0.3 is 14.8 Å². The molecule has 6 nitrogen and oxygen atoms in total. The van der Waals surface area contributed by atoms with E-state index in [1.807, 2.05) is 0 Å². The monoisotopic (exact) mass is 310 g/mol. The SMILES string of the molecule is C#C[C@@]1(CO)C[C@H](n2cnc3c(Cl)nc(F)nc32)C[C@H]1O. The quantitative estimate of drug-likeness (QED) is 0.490. The molecule has 1 saturated carbocycles. The van der Waals surface area contributed by atoms with Crippen molar-refractivity contribution < 1.29 is 14.6 Å². The maximum absolute atomic E-state index is 13.3. The lowest BCUT2D eigenvalue weighted by Gasteiger charge is -2.23. The molecule has 1 aliphatic rings. The van der Waals surface area contributed by atoms with Gasteiger partial charge in [-0.2, -0.15) is 14.4 Å². The Morgan fingerprint density at radius 3 is 2.95 bits per heavy atom. The minimum atomic E-state index is -1.00. The van der Waals surface area contributed by atoms with E-state index in [0.717, 1.165) is 0 Å². The van der Waals surface area contributed by atoms with Crippen LogP contribution in [0.1, 0.15) is 18.9 Å². The van der Waals surface area contributed by atoms with Gasteiger partial charge in [0, 0.05) is 6.04 Å². The van der Waals surface area contributed by atoms with Crippen LogP contribution in [0.15, 0.2) is 6.33 Å². The average Bonchev–Trinajstić information content (AvgIpc) is 3.00. The molecule has 1 fully saturated rings. The molecule has 3 atom stereocenters. The van der Waals surface area contributed by atoms with Gasteiger partial charge in [0.2, 0.25) is 0 Å². The number of imidazole rings is 1. The molecule has 3 rings (SSSR count). The molecule has 0 amide bonds. The fraction of sp³-hybridized carbons (Fsp3) is 0.462. The maximum atomic E-state index is 13.3. The number of aliphatic hydroxyl groups excluding tert-OH is 2. The molecule has 0 aromatic carbocycles. The van der Waals surface area contributed by atoms with Crippen molar-refractivity contribution in [2.75, 3.05) is 6.61 Å². The molecule has 8 heteroatoms. The van der Waals surface area contributed by atoms with Crippen LogP contribution in [0.4, 0.5) is 4.39 Å². The van der Waals surface area contributed by atoms with E-state index in [1.165, 1.54) is 6.33 Å². The van der Waals surface area contributed by atoms with E-state index in [4.69, 9.17) is 18.0 Å². The lowest BCUT2D eigenvalue weighted by atomic mass is 9.86. The minimum Gasteiger partial charge on any atom is -0.395 e. The van der Waals surface area contributed by atoms with Gasteiger partial charge in [-0.05, 0) is 12.8 Å². The van der Waals surface area contributed by atoms with Crippen LogP contribution in [0.2, 0.25) is 5.15 Å². The molecule has 2 heterocycles. The van der Waals surface area contributed by atoms with Crippen molar-refractivity contribution in [3.63, 3.8) is 0 Å². The van der Waals surface area contributed by atoms with Crippen molar-refractivity contribution in [1.29, 1.82) is 0 Å². The zero-order valence-corrected chi connectivity index (χ0v) is 11.6. The summed E-state index contributed by atoms with van der Waals surface area (Å²) in [5.41, 5.74) is -0.471. The number of terminal acetylenes is 1. The number of rotatable bonds is 2. The summed E-state index contributed by atoms with van der Waals surface area (Å²) >= 11 is 5.83. The second-order valence-electron chi connectivity index (χ2n) is 5.18. The minimum absolute atomic E-state index is 0.0693. The third kappa shape index (κ3) is 2.07. The van der Waals surface area contributed by atoms with Crippen molar-refractivity contribution in [3.05, 3.63) is 17.6 Å². The average molecular weight is 311 g/mol. The van der Waals surface area contributed by atoms with E-state index >= 15 is 0 Å². The first-order valence-electron chi connectivity index (χ1n) is 6.33. The topological polar surface area (TPSA) is 84.1 Å². The van der Waals surface area contributed by atoms with Crippen LogP contribution in [-0.4, -0.2) is 42.4 Å². The highest BCUT2D eigenvalue weighted by molar-refractivity contribution is 6.33. The number of hydrogen-bond acceptors (Lipinski definition) is 5. The molecule has 21 heavy (non-hydrogen) atoms. The Labute approximate surface area is 124 Å². The number of halogens is 2. The summed E-state index contributed by atoms with van der Waals surface area (Å²) in [4.78, 5) is 11.2. The summed E-state index contributed by atoms with van der Waals surface area (Å²) in [6.45, 7) is -0.322. The molecule has 0 radical (unpaired) electrons. The summed E-state index contributed by atoms with van der Waals surface area (Å²) < 4.78 is 14.9. The highest BCUT2D eigenvalue weighted by atomic mass is 35.5. The first-order valence-corrected chi connectivity index (χ1v) is 6.71. The first kappa shape index (κ1) is 14.2. The number of aromatic nitrogens is 4. The number of nitrogens with zero attached hydrogens (tertiary/aromatic N) is 4. The fourth-order valence-corrected chi connectivity index (χ4v) is 3.03. The third-order valence-electron chi connectivity index (χ3n) is 4.05. The molecule has 0 unspecified atom stereocenters. The zero-order chi connectivity index (χ0) is 15.2. The molecule has 0 spiro atoms. The van der Waals surface area contributed by atoms with Gasteiger partial charge in [0.25, 0.3) is 0 Å². The fourth-order valence-electron chi connectivity index (χ4n) is 2.83. The van der Waals surface area contributed by atoms with Gasteiger partial charge in [0.15, 0.2) is 10.8 Å². The van der Waals surface area contributed by atoms with E-state index in [1.54, 1.807) is 4.57 Å². The van der Waals surface area contributed by atoms with Gasteiger partial charge in [-0.3, -0.25) is 0 Å². The Bertz CT molecular complexity index is 744. The zero-order valence-electron chi connectivity index (χ0n) is 10.9. The molecule has 2 aromatic heterocycles. The lowest BCUT2D eigenvalue weighted by molar-refractivity contribution is 0.0475. The molecule has 0 bridgehead atoms. The maximum Gasteiger partial charge on any atom is 0.312 e. The van der Waals surface area contributed by atoms with Gasteiger partial charge in [-0.25, -0.2) is 4.98 Å². The standard InChI is InChI=1S/C13H12ClFN4O2/c1-2-13(5-20)4-7(3-8(13)21)19-6-16-9-10(14)17-12(15)18-11(9)19/h1,6-8,20-21H,3-5H2/t7-,8-,13+/m1/s1. The van der Waals surface area contributed by atoms with Gasteiger partial charge >= 0.3 is 6.08 Å². The highest BCUT2D eigenvalue weighted by Gasteiger charge is 2.46. The molecule has 110 valence electrons. The predicted octanol–water partition coefficient (Wildman–Crippen LogP) is 0.927. The number of hydrogen-bond donors (Lipinski definition) is 2. The Morgan fingerprint density at radius 1 is 1.57 bits per heavy atom. The van der Waals surface area contributed by atoms with E-state index < -0.39 is 17.6 Å². The van der Waals surface area contributed by atoms with Crippen LogP contribution in [0.5, 0.6) is 0 Å². The van der Waals surface area contributed by atoms with Crippen molar-refractivity contribution >= 4 is 22.8 Å². The Hall–Kier alpha value is -1.75. The predicted molar refractivity (Wildman–Crippen MR) is 72.9 cm³/mol. The van der Waals surface area contributed by atoms with Gasteiger partial charge in [0.05, 0.1) is 24.5 Å². The summed E-state index contributed by atoms with van der Waals surface area (Å²) in [6, 6.07) is -0.251. The van der Waals surface area contributed by atoms with Crippen LogP contribution in [-0.2, 0) is 0 Å². The van der Waals surface area contributed by atoms with E-state index in [2.05, 4.69) is 20.9 Å². The smallest absolute Gasteiger partial charge is 0.312 e. The van der Waals surface area contributed by atoms with Crippen LogP contribution < -0.4 is 0 Å². The first-order chi connectivity index (χ1) is 10.0. The third-order valence-corrected chi connectivity index (χ3v) is 4.31. The molecular formula is C13H12ClFN4O2. The van der Waals surface area contributed by atoms with E-state index in [9.17, 15) is 14.6 Å². The Balaban J connectivity index is 2.05. The molecular weight excluding hydrogens is 299 g/mol. The summed E-state index contributed by atoms with van der Waals surface area (Å²) in [7, 11) is 0. The van der Waals surface area contributed by atoms with Crippen LogP contribution in [0, 0.1) is 23.8 Å². The molecule has 1 aliphatic carbocycles. The second-order valence-corrected chi connectivity index (χ2v) is 5.53. The number of fused-ring (bicyclic) bond motifs is 1. The molecule has 0 aliphatic heterocycles. The molecule has 0 saturated heterocycles. The van der Waals surface area contributed by atoms with Crippen LogP contribution in [0.3, 0.4) is 0 Å². The largest absolute Gasteiger partial charge is 0.395 e. The summed E-state index contributed by atoms with van der Waals surface area (Å²) in [5.74, 6) is 2.47. The Kier molecular flexibility index (Phi) is 3.32. The van der Waals surface area contributed by atoms with Gasteiger partial charge in [-0.1, -0.05) is 17.5 Å². The Morgan fingerprint density at radius 2 is 2.33 bits per heavy atom. The van der Waals surface area contributed by atoms with Crippen molar-refractivity contribution in [2.45, 2.75) is 25.0 Å². The van der Waals surface area contributed by atoms with E-state index in [-0.39, 0.29) is 29.0 Å². The second kappa shape index (κ2) is 4.91. The van der Waals surface area contributed by atoms with Crippen molar-refractivity contribution in [2.24, 2.45) is 5.41 Å². The molecule has 2 aromatic rings. The van der Waals surface area contributed by atoms with E-state index in [0.29, 0.717) is 12.8 Å². The lowest BCUT2D eigenvalue weighted by Crippen LogP contribution is -2.31. The summed E-state index contributed by atoms with van der Waals surface area (Å²) in [6.07, 6.45) is 5.77. The summed E-state index contributed by atoms with van der Waals surface area (Å²) in [5, 5.41) is 19.5. The van der Waals surface area contributed by atoms with Gasteiger partial charge in [0.1, 0.15) is 5.52 Å². The van der Waals surface area contributed by atoms with Crippen LogP contribution in [0.25, 0.3) is 11.2 Å². The van der Waals surface area contributed by atoms with Gasteiger partial charge in [-0.15, -0.1) is 6.42 Å².